The fourth-order valence-electron chi connectivity index (χ4n) is 2.50. The van der Waals surface area contributed by atoms with Gasteiger partial charge in [-0.15, -0.1) is 10.2 Å². The zero-order valence-electron chi connectivity index (χ0n) is 15.9. The van der Waals surface area contributed by atoms with Gasteiger partial charge in [0.2, 0.25) is 5.01 Å². The maximum atomic E-state index is 12.3. The van der Waals surface area contributed by atoms with Crippen LogP contribution in [0.3, 0.4) is 0 Å². The predicted molar refractivity (Wildman–Crippen MR) is 107 cm³/mol. The zero-order valence-corrected chi connectivity index (χ0v) is 16.8. The average Bonchev–Trinajstić information content (AvgIpc) is 3.29. The van der Waals surface area contributed by atoms with Gasteiger partial charge in [-0.05, 0) is 37.1 Å². The second kappa shape index (κ2) is 8.75. The number of rotatable bonds is 7. The Morgan fingerprint density at radius 3 is 2.54 bits per heavy atom. The van der Waals surface area contributed by atoms with Crippen molar-refractivity contribution in [1.29, 1.82) is 0 Å². The van der Waals surface area contributed by atoms with Gasteiger partial charge in [-0.2, -0.15) is 5.10 Å². The lowest BCUT2D eigenvalue weighted by Crippen LogP contribution is -2.23. The molecule has 0 bridgehead atoms. The number of aromatic nitrogens is 4. The van der Waals surface area contributed by atoms with E-state index in [4.69, 9.17) is 0 Å². The van der Waals surface area contributed by atoms with Crippen LogP contribution in [0.2, 0.25) is 0 Å². The van der Waals surface area contributed by atoms with Crippen molar-refractivity contribution in [3.8, 4) is 0 Å². The highest BCUT2D eigenvalue weighted by atomic mass is 32.1. The lowest BCUT2D eigenvalue weighted by Gasteiger charge is -2.06. The predicted octanol–water partition coefficient (Wildman–Crippen LogP) is 2.95. The van der Waals surface area contributed by atoms with Crippen LogP contribution in [0.25, 0.3) is 0 Å². The summed E-state index contributed by atoms with van der Waals surface area (Å²) in [6.45, 7) is 6.48. The molecule has 0 atom stereocenters. The molecule has 146 valence electrons. The van der Waals surface area contributed by atoms with Gasteiger partial charge >= 0.3 is 0 Å². The van der Waals surface area contributed by atoms with Gasteiger partial charge in [0.15, 0.2) is 0 Å². The first-order chi connectivity index (χ1) is 13.4. The van der Waals surface area contributed by atoms with Gasteiger partial charge in [0.25, 0.3) is 11.8 Å². The molecule has 0 spiro atoms. The maximum Gasteiger partial charge on any atom is 0.286 e. The summed E-state index contributed by atoms with van der Waals surface area (Å²) in [6.07, 6.45) is 2.49. The minimum atomic E-state index is -0.305. The molecule has 0 aliphatic carbocycles. The first-order valence-corrected chi connectivity index (χ1v) is 9.75. The fraction of sp³-hybridized carbons (Fsp3) is 0.316. The third-order valence-electron chi connectivity index (χ3n) is 4.02. The number of hydrogen-bond acceptors (Lipinski definition) is 6. The van der Waals surface area contributed by atoms with Crippen molar-refractivity contribution < 1.29 is 9.59 Å². The van der Waals surface area contributed by atoms with Gasteiger partial charge in [-0.1, -0.05) is 25.2 Å². The summed E-state index contributed by atoms with van der Waals surface area (Å²) in [5, 5.41) is 21.6. The number of amides is 2. The second-order valence-electron chi connectivity index (χ2n) is 6.83. The third-order valence-corrected chi connectivity index (χ3v) is 4.97. The largest absolute Gasteiger partial charge is 0.348 e. The Kier molecular flexibility index (Phi) is 6.15. The van der Waals surface area contributed by atoms with Gasteiger partial charge in [0.05, 0.1) is 6.20 Å². The molecule has 28 heavy (non-hydrogen) atoms. The van der Waals surface area contributed by atoms with Crippen LogP contribution in [0, 0.1) is 12.8 Å². The highest BCUT2D eigenvalue weighted by Gasteiger charge is 2.14. The normalized spacial score (nSPS) is 10.9. The topological polar surface area (TPSA) is 113 Å². The van der Waals surface area contributed by atoms with Crippen molar-refractivity contribution in [3.63, 3.8) is 0 Å². The molecule has 0 radical (unpaired) electrons. The van der Waals surface area contributed by atoms with E-state index in [1.54, 1.807) is 30.5 Å². The van der Waals surface area contributed by atoms with Crippen molar-refractivity contribution in [2.75, 3.05) is 5.32 Å². The third kappa shape index (κ3) is 5.01. The summed E-state index contributed by atoms with van der Waals surface area (Å²) in [5.74, 6) is -0.0407. The minimum Gasteiger partial charge on any atom is -0.348 e. The molecule has 0 saturated heterocycles. The van der Waals surface area contributed by atoms with Gasteiger partial charge < -0.3 is 10.6 Å². The number of aryl methyl sites for hydroxylation is 1. The summed E-state index contributed by atoms with van der Waals surface area (Å²) in [4.78, 5) is 24.6. The molecule has 3 aromatic rings. The highest BCUT2D eigenvalue weighted by molar-refractivity contribution is 7.13. The van der Waals surface area contributed by atoms with Gasteiger partial charge in [-0.25, -0.2) is 0 Å². The quantitative estimate of drug-likeness (QED) is 0.566. The van der Waals surface area contributed by atoms with Crippen LogP contribution >= 0.6 is 11.3 Å². The Labute approximate surface area is 166 Å². The Balaban J connectivity index is 1.56. The molecule has 0 aliphatic rings. The lowest BCUT2D eigenvalue weighted by atomic mass is 10.1. The van der Waals surface area contributed by atoms with E-state index in [1.807, 2.05) is 6.92 Å². The summed E-state index contributed by atoms with van der Waals surface area (Å²) in [6, 6.07) is 6.70. The molecule has 2 aromatic heterocycles. The van der Waals surface area contributed by atoms with E-state index in [-0.39, 0.29) is 11.8 Å². The van der Waals surface area contributed by atoms with Crippen molar-refractivity contribution in [3.05, 3.63) is 57.3 Å². The minimum absolute atomic E-state index is 0.194. The summed E-state index contributed by atoms with van der Waals surface area (Å²) in [7, 11) is 0. The molecule has 0 aliphatic heterocycles. The molecule has 9 heteroatoms. The van der Waals surface area contributed by atoms with Crippen molar-refractivity contribution in [2.24, 2.45) is 5.92 Å². The number of carbonyl (C=O) groups excluding carboxylic acids is 2. The van der Waals surface area contributed by atoms with Crippen molar-refractivity contribution in [1.82, 2.24) is 25.7 Å². The summed E-state index contributed by atoms with van der Waals surface area (Å²) in [5.41, 5.74) is 2.96. The number of H-pyrrole nitrogens is 1. The van der Waals surface area contributed by atoms with Crippen molar-refractivity contribution in [2.45, 2.75) is 33.7 Å². The molecule has 0 unspecified atom stereocenters. The maximum absolute atomic E-state index is 12.3. The fourth-order valence-corrected chi connectivity index (χ4v) is 3.44. The van der Waals surface area contributed by atoms with E-state index < -0.39 is 0 Å². The van der Waals surface area contributed by atoms with E-state index in [1.165, 1.54) is 11.3 Å². The number of anilines is 1. The van der Waals surface area contributed by atoms with Crippen LogP contribution in [0.15, 0.2) is 30.5 Å². The Morgan fingerprint density at radius 2 is 1.89 bits per heavy atom. The number of aromatic amines is 1. The molecule has 0 saturated carbocycles. The monoisotopic (exact) mass is 398 g/mol. The van der Waals surface area contributed by atoms with E-state index in [0.717, 1.165) is 22.7 Å². The Bertz CT molecular complexity index is 961. The molecule has 1 aromatic carbocycles. The van der Waals surface area contributed by atoms with E-state index in [9.17, 15) is 9.59 Å². The Morgan fingerprint density at radius 1 is 1.14 bits per heavy atom. The summed E-state index contributed by atoms with van der Waals surface area (Å²) >= 11 is 1.30. The SMILES string of the molecule is Cc1[nH]ncc1CNC(=O)c1ccc(NC(=O)c2nnc(CC(C)C)s2)cc1. The van der Waals surface area contributed by atoms with Gasteiger partial charge in [0, 0.05) is 35.5 Å². The van der Waals surface area contributed by atoms with E-state index >= 15 is 0 Å². The van der Waals surface area contributed by atoms with Crippen LogP contribution in [0.4, 0.5) is 5.69 Å². The molecule has 0 fully saturated rings. The molecular formula is C19H22N6O2S. The van der Waals surface area contributed by atoms with E-state index in [2.05, 4.69) is 44.9 Å². The van der Waals surface area contributed by atoms with Crippen molar-refractivity contribution >= 4 is 28.8 Å². The molecule has 3 rings (SSSR count). The Hall–Kier alpha value is -3.07. The first kappa shape index (κ1) is 19.7. The number of hydrogen-bond donors (Lipinski definition) is 3. The van der Waals surface area contributed by atoms with E-state index in [0.29, 0.717) is 28.7 Å². The van der Waals surface area contributed by atoms with Crippen LogP contribution in [0.1, 0.15) is 50.3 Å². The number of nitrogens with zero attached hydrogens (tertiary/aromatic N) is 3. The van der Waals surface area contributed by atoms with Crippen LogP contribution in [-0.4, -0.2) is 32.2 Å². The summed E-state index contributed by atoms with van der Waals surface area (Å²) < 4.78 is 0. The average molecular weight is 398 g/mol. The molecular weight excluding hydrogens is 376 g/mol. The smallest absolute Gasteiger partial charge is 0.286 e. The standard InChI is InChI=1S/C19H22N6O2S/c1-11(2)8-16-24-25-19(28-16)18(27)22-15-6-4-13(5-7-15)17(26)20-9-14-10-21-23-12(14)3/h4-7,10-11H,8-9H2,1-3H3,(H,20,26)(H,21,23)(H,22,27). The van der Waals surface area contributed by atoms with Crippen LogP contribution in [-0.2, 0) is 13.0 Å². The molecule has 3 N–H and O–H groups in total. The number of benzene rings is 1. The first-order valence-electron chi connectivity index (χ1n) is 8.93. The van der Waals surface area contributed by atoms with Crippen LogP contribution < -0.4 is 10.6 Å². The van der Waals surface area contributed by atoms with Gasteiger partial charge in [-0.3, -0.25) is 14.7 Å². The second-order valence-corrected chi connectivity index (χ2v) is 7.90. The van der Waals surface area contributed by atoms with Gasteiger partial charge in [0.1, 0.15) is 5.01 Å². The number of carbonyl (C=O) groups is 2. The number of nitrogens with one attached hydrogen (secondary N) is 3. The molecule has 8 nitrogen and oxygen atoms in total. The zero-order chi connectivity index (χ0) is 20.1. The molecule has 2 amide bonds. The van der Waals surface area contributed by atoms with Crippen LogP contribution in [0.5, 0.6) is 0 Å². The highest BCUT2D eigenvalue weighted by Crippen LogP contribution is 2.16. The molecule has 2 heterocycles. The lowest BCUT2D eigenvalue weighted by molar-refractivity contribution is 0.0950.